The second-order valence-electron chi connectivity index (χ2n) is 10.2. The lowest BCUT2D eigenvalue weighted by Crippen LogP contribution is -2.40. The van der Waals surface area contributed by atoms with Crippen LogP contribution in [0.25, 0.3) is 6.08 Å². The monoisotopic (exact) mass is 742 g/mol. The van der Waals surface area contributed by atoms with Crippen LogP contribution >= 0.6 is 43.2 Å². The number of halogens is 3. The van der Waals surface area contributed by atoms with Crippen LogP contribution in [0.2, 0.25) is 0 Å². The topological polar surface area (TPSA) is 79.1 Å². The molecule has 0 unspecified atom stereocenters. The van der Waals surface area contributed by atoms with Crippen molar-refractivity contribution >= 4 is 55.2 Å². The highest BCUT2D eigenvalue weighted by atomic mass is 79.9. The third-order valence-electron chi connectivity index (χ3n) is 6.75. The predicted molar refractivity (Wildman–Crippen MR) is 175 cm³/mol. The molecular weight excluding hydrogens is 715 g/mol. The number of thiazole rings is 1. The number of allylic oxidation sites excluding steroid dienone is 1. The maximum Gasteiger partial charge on any atom is 0.338 e. The average Bonchev–Trinajstić information content (AvgIpc) is 3.26. The normalized spacial score (nSPS) is 14.8. The summed E-state index contributed by atoms with van der Waals surface area (Å²) >= 11 is 8.27. The fraction of sp³-hybridized carbons (Fsp3) is 0.242. The largest absolute Gasteiger partial charge is 0.491 e. The average molecular weight is 744 g/mol. The van der Waals surface area contributed by atoms with Gasteiger partial charge in [-0.1, -0.05) is 63.7 Å². The lowest BCUT2D eigenvalue weighted by molar-refractivity contribution is -0.139. The van der Waals surface area contributed by atoms with Crippen molar-refractivity contribution < 1.29 is 23.4 Å². The first-order valence-electron chi connectivity index (χ1n) is 13.9. The molecule has 7 nitrogen and oxygen atoms in total. The van der Waals surface area contributed by atoms with Crippen molar-refractivity contribution in [2.45, 2.75) is 46.4 Å². The van der Waals surface area contributed by atoms with Crippen LogP contribution in [0.4, 0.5) is 4.39 Å². The third kappa shape index (κ3) is 6.60. The summed E-state index contributed by atoms with van der Waals surface area (Å²) in [4.78, 5) is 32.6. The quantitative estimate of drug-likeness (QED) is 0.176. The lowest BCUT2D eigenvalue weighted by atomic mass is 9.95. The summed E-state index contributed by atoms with van der Waals surface area (Å²) in [6, 6.07) is 16.6. The van der Waals surface area contributed by atoms with Crippen molar-refractivity contribution in [2.24, 2.45) is 4.99 Å². The highest BCUT2D eigenvalue weighted by molar-refractivity contribution is 9.11. The van der Waals surface area contributed by atoms with E-state index in [-0.39, 0.29) is 36.3 Å². The summed E-state index contributed by atoms with van der Waals surface area (Å²) in [6.45, 7) is 7.46. The molecule has 1 aromatic heterocycles. The van der Waals surface area contributed by atoms with Gasteiger partial charge >= 0.3 is 5.97 Å². The number of hydrogen-bond acceptors (Lipinski definition) is 7. The van der Waals surface area contributed by atoms with Crippen molar-refractivity contribution in [3.8, 4) is 11.5 Å². The Balaban J connectivity index is 1.68. The van der Waals surface area contributed by atoms with Crippen LogP contribution in [-0.2, 0) is 16.1 Å². The molecule has 4 aromatic rings. The molecule has 3 aromatic carbocycles. The number of fused-ring (bicyclic) bond motifs is 1. The number of nitrogens with zero attached hydrogens (tertiary/aromatic N) is 2. The van der Waals surface area contributed by atoms with Crippen LogP contribution in [0.3, 0.4) is 0 Å². The molecule has 0 amide bonds. The van der Waals surface area contributed by atoms with Crippen molar-refractivity contribution in [1.29, 1.82) is 0 Å². The number of aromatic nitrogens is 1. The fourth-order valence-corrected chi connectivity index (χ4v) is 7.31. The van der Waals surface area contributed by atoms with E-state index in [0.717, 1.165) is 4.47 Å². The first kappa shape index (κ1) is 31.9. The molecule has 1 atom stereocenters. The zero-order valence-electron chi connectivity index (χ0n) is 24.4. The van der Waals surface area contributed by atoms with Crippen molar-refractivity contribution in [3.05, 3.63) is 123 Å². The van der Waals surface area contributed by atoms with Gasteiger partial charge in [-0.25, -0.2) is 14.2 Å². The SMILES string of the molecule is CCOC(=O)C1=C(C)N=c2s/c(=C\c3cc(Br)cc(Br)c3OCc3ccccc3F)c(=O)n2[C@H]1c1ccccc1OC(C)C. The molecule has 1 aliphatic rings. The zero-order valence-corrected chi connectivity index (χ0v) is 28.4. The maximum absolute atomic E-state index is 14.3. The van der Waals surface area contributed by atoms with Crippen molar-refractivity contribution in [3.63, 3.8) is 0 Å². The number of rotatable bonds is 9. The van der Waals surface area contributed by atoms with Crippen LogP contribution in [0, 0.1) is 5.82 Å². The standard InChI is InChI=1S/C33H29Br2FN2O5S/c1-5-41-32(40)28-19(4)37-33-38(29(28)23-11-7-9-13-26(23)43-18(2)3)31(39)27(44-33)15-21-14-22(34)16-24(35)30(21)42-17-20-10-6-8-12-25(20)36/h6-16,18,29H,5,17H2,1-4H3/b27-15-/t29-/m0/s1. The molecule has 0 radical (unpaired) electrons. The van der Waals surface area contributed by atoms with Crippen LogP contribution in [0.5, 0.6) is 11.5 Å². The van der Waals surface area contributed by atoms with Gasteiger partial charge in [0.1, 0.15) is 30.0 Å². The number of hydrogen-bond donors (Lipinski definition) is 0. The van der Waals surface area contributed by atoms with Gasteiger partial charge in [-0.2, -0.15) is 0 Å². The van der Waals surface area contributed by atoms with E-state index in [9.17, 15) is 14.0 Å². The summed E-state index contributed by atoms with van der Waals surface area (Å²) in [5.41, 5.74) is 2.02. The van der Waals surface area contributed by atoms with E-state index >= 15 is 0 Å². The fourth-order valence-electron chi connectivity index (χ4n) is 4.90. The molecule has 1 aliphatic heterocycles. The molecule has 2 heterocycles. The first-order chi connectivity index (χ1) is 21.1. The Kier molecular flexibility index (Phi) is 9.87. The number of carbonyl (C=O) groups is 1. The predicted octanol–water partition coefficient (Wildman–Crippen LogP) is 6.83. The Morgan fingerprint density at radius 2 is 1.86 bits per heavy atom. The van der Waals surface area contributed by atoms with Crippen molar-refractivity contribution in [2.75, 3.05) is 6.61 Å². The second kappa shape index (κ2) is 13.6. The summed E-state index contributed by atoms with van der Waals surface area (Å²) in [5.74, 6) is 0.0773. The minimum Gasteiger partial charge on any atom is -0.491 e. The molecule has 44 heavy (non-hydrogen) atoms. The molecule has 0 saturated carbocycles. The van der Waals surface area contributed by atoms with Crippen LogP contribution in [0.15, 0.2) is 90.7 Å². The van der Waals surface area contributed by atoms with Crippen LogP contribution in [0.1, 0.15) is 50.4 Å². The van der Waals surface area contributed by atoms with Gasteiger partial charge < -0.3 is 14.2 Å². The maximum atomic E-state index is 14.3. The van der Waals surface area contributed by atoms with Crippen LogP contribution in [-0.4, -0.2) is 23.2 Å². The van der Waals surface area contributed by atoms with Gasteiger partial charge in [-0.3, -0.25) is 9.36 Å². The van der Waals surface area contributed by atoms with E-state index in [0.29, 0.717) is 47.7 Å². The molecule has 0 N–H and O–H groups in total. The smallest absolute Gasteiger partial charge is 0.338 e. The van der Waals surface area contributed by atoms with Gasteiger partial charge in [0.15, 0.2) is 4.80 Å². The Morgan fingerprint density at radius 1 is 1.14 bits per heavy atom. The molecule has 5 rings (SSSR count). The van der Waals surface area contributed by atoms with E-state index in [1.165, 1.54) is 22.0 Å². The zero-order chi connectivity index (χ0) is 31.5. The molecule has 0 bridgehead atoms. The van der Waals surface area contributed by atoms with Gasteiger partial charge in [0.2, 0.25) is 0 Å². The van der Waals surface area contributed by atoms with E-state index < -0.39 is 12.0 Å². The minimum atomic E-state index is -0.826. The van der Waals surface area contributed by atoms with Gasteiger partial charge in [-0.05, 0) is 74.0 Å². The van der Waals surface area contributed by atoms with E-state index in [1.807, 2.05) is 50.2 Å². The van der Waals surface area contributed by atoms with Gasteiger partial charge in [0, 0.05) is 21.2 Å². The Morgan fingerprint density at radius 3 is 2.59 bits per heavy atom. The number of esters is 1. The number of carbonyl (C=O) groups excluding carboxylic acids is 1. The number of benzene rings is 3. The number of para-hydroxylation sites is 1. The Labute approximate surface area is 274 Å². The third-order valence-corrected chi connectivity index (χ3v) is 8.78. The molecular formula is C33H29Br2FN2O5S. The summed E-state index contributed by atoms with van der Waals surface area (Å²) < 4.78 is 35.2. The van der Waals surface area contributed by atoms with E-state index in [1.54, 1.807) is 38.1 Å². The first-order valence-corrected chi connectivity index (χ1v) is 16.3. The summed E-state index contributed by atoms with van der Waals surface area (Å²) in [5, 5.41) is 0. The minimum absolute atomic E-state index is 0.0102. The lowest BCUT2D eigenvalue weighted by Gasteiger charge is -2.26. The molecule has 11 heteroatoms. The molecule has 0 spiro atoms. The van der Waals surface area contributed by atoms with Crippen molar-refractivity contribution in [1.82, 2.24) is 4.57 Å². The van der Waals surface area contributed by atoms with Gasteiger partial charge in [0.05, 0.1) is 33.0 Å². The molecule has 0 aliphatic carbocycles. The Hall–Kier alpha value is -3.54. The highest BCUT2D eigenvalue weighted by Gasteiger charge is 2.35. The molecule has 0 fully saturated rings. The highest BCUT2D eigenvalue weighted by Crippen LogP contribution is 2.37. The summed E-state index contributed by atoms with van der Waals surface area (Å²) in [7, 11) is 0. The number of ether oxygens (including phenoxy) is 3. The van der Waals surface area contributed by atoms with Gasteiger partial charge in [0.25, 0.3) is 5.56 Å². The van der Waals surface area contributed by atoms with E-state index in [2.05, 4.69) is 36.9 Å². The van der Waals surface area contributed by atoms with Crippen LogP contribution < -0.4 is 24.4 Å². The summed E-state index contributed by atoms with van der Waals surface area (Å²) in [6.07, 6.45) is 1.58. The Bertz CT molecular complexity index is 1950. The molecule has 228 valence electrons. The second-order valence-corrected chi connectivity index (χ2v) is 13.0. The molecule has 0 saturated heterocycles. The van der Waals surface area contributed by atoms with E-state index in [4.69, 9.17) is 14.2 Å². The van der Waals surface area contributed by atoms with Gasteiger partial charge in [-0.15, -0.1) is 0 Å².